The zero-order valence-corrected chi connectivity index (χ0v) is 16.5. The summed E-state index contributed by atoms with van der Waals surface area (Å²) < 4.78 is 16.3. The van der Waals surface area contributed by atoms with Crippen molar-refractivity contribution in [3.8, 4) is 5.75 Å². The smallest absolute Gasteiger partial charge is 0.330 e. The Morgan fingerprint density at radius 1 is 1.21 bits per heavy atom. The van der Waals surface area contributed by atoms with Crippen molar-refractivity contribution in [1.29, 1.82) is 0 Å². The lowest BCUT2D eigenvalue weighted by Gasteiger charge is -2.35. The van der Waals surface area contributed by atoms with Gasteiger partial charge < -0.3 is 13.9 Å². The van der Waals surface area contributed by atoms with Crippen LogP contribution in [0.4, 0.5) is 0 Å². The van der Waals surface area contributed by atoms with Crippen molar-refractivity contribution in [2.24, 2.45) is 0 Å². The normalized spacial score (nSPS) is 12.8. The van der Waals surface area contributed by atoms with Crippen molar-refractivity contribution < 1.29 is 18.7 Å². The molecule has 130 valence electrons. The van der Waals surface area contributed by atoms with Crippen LogP contribution in [0.3, 0.4) is 0 Å². The van der Waals surface area contributed by atoms with Crippen LogP contribution in [0.15, 0.2) is 28.7 Å². The first-order valence-corrected chi connectivity index (χ1v) is 11.0. The van der Waals surface area contributed by atoms with Crippen LogP contribution >= 0.6 is 0 Å². The van der Waals surface area contributed by atoms with Gasteiger partial charge in [-0.05, 0) is 29.3 Å². The lowest BCUT2D eigenvalue weighted by atomic mass is 10.1. The second-order valence-electron chi connectivity index (χ2n) is 7.44. The Morgan fingerprint density at radius 3 is 2.42 bits per heavy atom. The van der Waals surface area contributed by atoms with E-state index in [2.05, 4.69) is 33.9 Å². The lowest BCUT2D eigenvalue weighted by Crippen LogP contribution is -2.49. The van der Waals surface area contributed by atoms with Gasteiger partial charge in [0.25, 0.3) is 0 Å². The van der Waals surface area contributed by atoms with Crippen LogP contribution < -0.4 is 10.1 Å². The molecule has 24 heavy (non-hydrogen) atoms. The van der Waals surface area contributed by atoms with Crippen molar-refractivity contribution in [3.05, 3.63) is 29.8 Å². The zero-order chi connectivity index (χ0) is 18.1. The van der Waals surface area contributed by atoms with Crippen LogP contribution in [-0.2, 0) is 9.53 Å². The standard InChI is InChI=1S/C19H26O4Si/c1-19(2,3)24(6,7)18-14(9-11-17(20)22-5)15-12-13(21-4)8-10-16(15)23-18/h8-12H,1-7H3/b11-9+. The van der Waals surface area contributed by atoms with Crippen LogP contribution in [0.25, 0.3) is 17.0 Å². The predicted molar refractivity (Wildman–Crippen MR) is 101 cm³/mol. The van der Waals surface area contributed by atoms with Gasteiger partial charge in [-0.1, -0.05) is 33.9 Å². The number of fused-ring (bicyclic) bond motifs is 1. The predicted octanol–water partition coefficient (Wildman–Crippen LogP) is 4.34. The zero-order valence-electron chi connectivity index (χ0n) is 15.5. The molecule has 0 saturated carbocycles. The second-order valence-corrected chi connectivity index (χ2v) is 12.6. The van der Waals surface area contributed by atoms with Crippen molar-refractivity contribution >= 4 is 36.5 Å². The van der Waals surface area contributed by atoms with Gasteiger partial charge in [0.2, 0.25) is 0 Å². The fourth-order valence-corrected chi connectivity index (χ4v) is 4.35. The quantitative estimate of drug-likeness (QED) is 0.469. The molecule has 1 aromatic heterocycles. The first-order valence-electron chi connectivity index (χ1n) is 7.99. The molecule has 0 unspecified atom stereocenters. The molecule has 0 aliphatic carbocycles. The van der Waals surface area contributed by atoms with Crippen molar-refractivity contribution in [1.82, 2.24) is 0 Å². The average molecular weight is 346 g/mol. The number of rotatable bonds is 4. The summed E-state index contributed by atoms with van der Waals surface area (Å²) in [6.07, 6.45) is 3.24. The summed E-state index contributed by atoms with van der Waals surface area (Å²) in [7, 11) is 1.08. The van der Waals surface area contributed by atoms with Crippen LogP contribution in [0.2, 0.25) is 18.1 Å². The summed E-state index contributed by atoms with van der Waals surface area (Å²) in [4.78, 5) is 11.6. The van der Waals surface area contributed by atoms with Gasteiger partial charge in [-0.15, -0.1) is 0 Å². The van der Waals surface area contributed by atoms with Crippen LogP contribution in [0.1, 0.15) is 26.3 Å². The molecule has 0 saturated heterocycles. The minimum atomic E-state index is -1.93. The Labute approximate surface area is 144 Å². The van der Waals surface area contributed by atoms with E-state index in [1.807, 2.05) is 18.2 Å². The van der Waals surface area contributed by atoms with Gasteiger partial charge in [-0.25, -0.2) is 4.79 Å². The number of carbonyl (C=O) groups excluding carboxylic acids is 1. The third-order valence-electron chi connectivity index (χ3n) is 4.96. The lowest BCUT2D eigenvalue weighted by molar-refractivity contribution is -0.134. The molecule has 0 aliphatic rings. The summed E-state index contributed by atoms with van der Waals surface area (Å²) in [6.45, 7) is 11.3. The van der Waals surface area contributed by atoms with Crippen molar-refractivity contribution in [2.75, 3.05) is 14.2 Å². The maximum absolute atomic E-state index is 11.6. The van der Waals surface area contributed by atoms with Crippen LogP contribution in [0.5, 0.6) is 5.75 Å². The highest BCUT2D eigenvalue weighted by Crippen LogP contribution is 2.38. The molecule has 2 aromatic rings. The van der Waals surface area contributed by atoms with Gasteiger partial charge in [-0.2, -0.15) is 0 Å². The Bertz CT molecular complexity index is 778. The number of furan rings is 1. The van der Waals surface area contributed by atoms with Gasteiger partial charge >= 0.3 is 5.97 Å². The fourth-order valence-electron chi connectivity index (χ4n) is 2.41. The Kier molecular flexibility index (Phi) is 4.94. The molecular weight excluding hydrogens is 320 g/mol. The molecule has 4 nitrogen and oxygen atoms in total. The maximum Gasteiger partial charge on any atom is 0.330 e. The second kappa shape index (κ2) is 6.47. The van der Waals surface area contributed by atoms with E-state index >= 15 is 0 Å². The first-order chi connectivity index (χ1) is 11.1. The largest absolute Gasteiger partial charge is 0.497 e. The first kappa shape index (κ1) is 18.3. The van der Waals surface area contributed by atoms with Gasteiger partial charge in [0.1, 0.15) is 19.4 Å². The number of hydrogen-bond donors (Lipinski definition) is 0. The topological polar surface area (TPSA) is 48.7 Å². The van der Waals surface area contributed by atoms with E-state index in [-0.39, 0.29) is 11.0 Å². The molecule has 5 heteroatoms. The summed E-state index contributed by atoms with van der Waals surface area (Å²) in [5, 5.41) is 2.05. The number of hydrogen-bond acceptors (Lipinski definition) is 4. The molecule has 0 fully saturated rings. The molecule has 0 bridgehead atoms. The van der Waals surface area contributed by atoms with E-state index in [9.17, 15) is 4.79 Å². The van der Waals surface area contributed by atoms with Crippen molar-refractivity contribution in [3.63, 3.8) is 0 Å². The number of benzene rings is 1. The van der Waals surface area contributed by atoms with Crippen LogP contribution in [0, 0.1) is 0 Å². The molecule has 0 radical (unpaired) electrons. The minimum absolute atomic E-state index is 0.110. The fraction of sp³-hybridized carbons (Fsp3) is 0.421. The molecule has 1 aromatic carbocycles. The summed E-state index contributed by atoms with van der Waals surface area (Å²) in [5.41, 5.74) is 1.75. The Balaban J connectivity index is 2.74. The van der Waals surface area contributed by atoms with E-state index in [4.69, 9.17) is 13.9 Å². The number of methoxy groups -OCH3 is 2. The molecule has 0 aliphatic heterocycles. The minimum Gasteiger partial charge on any atom is -0.497 e. The third kappa shape index (κ3) is 3.26. The monoisotopic (exact) mass is 346 g/mol. The highest BCUT2D eigenvalue weighted by molar-refractivity contribution is 6.91. The molecular formula is C19H26O4Si. The Hall–Kier alpha value is -2.01. The highest BCUT2D eigenvalue weighted by atomic mass is 28.3. The van der Waals surface area contributed by atoms with Crippen molar-refractivity contribution in [2.45, 2.75) is 38.9 Å². The van der Waals surface area contributed by atoms with E-state index in [1.54, 1.807) is 13.2 Å². The molecule has 0 atom stereocenters. The summed E-state index contributed by atoms with van der Waals surface area (Å²) in [5.74, 6) is 0.381. The Morgan fingerprint density at radius 2 is 1.88 bits per heavy atom. The van der Waals surface area contributed by atoms with E-state index in [1.165, 1.54) is 13.2 Å². The van der Waals surface area contributed by atoms with E-state index in [0.717, 1.165) is 27.7 Å². The molecule has 0 spiro atoms. The molecule has 2 rings (SSSR count). The number of ether oxygens (including phenoxy) is 2. The molecule has 1 heterocycles. The van der Waals surface area contributed by atoms with Crippen LogP contribution in [-0.4, -0.2) is 28.3 Å². The molecule has 0 N–H and O–H groups in total. The summed E-state index contributed by atoms with van der Waals surface area (Å²) in [6, 6.07) is 5.75. The maximum atomic E-state index is 11.6. The molecule has 0 amide bonds. The van der Waals surface area contributed by atoms with Gasteiger partial charge in [0.15, 0.2) is 0 Å². The number of carbonyl (C=O) groups is 1. The SMILES string of the molecule is COC(=O)/C=C/c1c([Si](C)(C)C(C)(C)C)oc2ccc(OC)cc12. The third-order valence-corrected chi connectivity index (χ3v) is 10.2. The van der Waals surface area contributed by atoms with Gasteiger partial charge in [-0.3, -0.25) is 0 Å². The van der Waals surface area contributed by atoms with E-state index in [0.29, 0.717) is 0 Å². The number of esters is 1. The van der Waals surface area contributed by atoms with Gasteiger partial charge in [0, 0.05) is 17.0 Å². The van der Waals surface area contributed by atoms with E-state index < -0.39 is 8.07 Å². The summed E-state index contributed by atoms with van der Waals surface area (Å²) >= 11 is 0. The average Bonchev–Trinajstić information content (AvgIpc) is 2.89. The highest BCUT2D eigenvalue weighted by Gasteiger charge is 2.41. The van der Waals surface area contributed by atoms with Gasteiger partial charge in [0.05, 0.1) is 19.6 Å².